The summed E-state index contributed by atoms with van der Waals surface area (Å²) in [5.41, 5.74) is 0.218. The molecule has 0 heterocycles. The molecule has 0 radical (unpaired) electrons. The van der Waals surface area contributed by atoms with Gasteiger partial charge in [0, 0.05) is 5.56 Å². The van der Waals surface area contributed by atoms with Crippen LogP contribution in [-0.4, -0.2) is 15.5 Å². The van der Waals surface area contributed by atoms with Crippen LogP contribution >= 0.6 is 0 Å². The van der Waals surface area contributed by atoms with Gasteiger partial charge in [-0.15, -0.1) is 0 Å². The maximum atomic E-state index is 12.8. The van der Waals surface area contributed by atoms with Gasteiger partial charge >= 0.3 is 0 Å². The predicted molar refractivity (Wildman–Crippen MR) is 49.8 cm³/mol. The van der Waals surface area contributed by atoms with Gasteiger partial charge in [-0.05, 0) is 18.2 Å². The molecule has 78 valence electrons. The zero-order valence-electron chi connectivity index (χ0n) is 7.53. The van der Waals surface area contributed by atoms with Crippen LogP contribution in [0.1, 0.15) is 5.56 Å². The Balaban J connectivity index is 3.11. The van der Waals surface area contributed by atoms with Gasteiger partial charge in [0.05, 0.1) is 12.9 Å². The summed E-state index contributed by atoms with van der Waals surface area (Å²) in [5.74, 6) is -0.654. The summed E-state index contributed by atoms with van der Waals surface area (Å²) in [6.07, 6.45) is 0. The molecular weight excluding hydrogens is 209 g/mol. The molecule has 1 aromatic carbocycles. The summed E-state index contributed by atoms with van der Waals surface area (Å²) in [5, 5.41) is 4.84. The van der Waals surface area contributed by atoms with Crippen molar-refractivity contribution in [2.75, 3.05) is 7.11 Å². The van der Waals surface area contributed by atoms with Gasteiger partial charge in [-0.1, -0.05) is 0 Å². The predicted octanol–water partition coefficient (Wildman–Crippen LogP) is 0.623. The first-order chi connectivity index (χ1) is 6.42. The second-order valence-electron chi connectivity index (χ2n) is 2.76. The van der Waals surface area contributed by atoms with Crippen LogP contribution in [0, 0.1) is 5.82 Å². The number of sulfonamides is 1. The van der Waals surface area contributed by atoms with E-state index in [9.17, 15) is 12.8 Å². The molecule has 0 saturated carbocycles. The molecule has 2 N–H and O–H groups in total. The SMILES string of the molecule is COc1ccc(F)cc1CS(N)(=O)=O. The van der Waals surface area contributed by atoms with Crippen LogP contribution in [0.25, 0.3) is 0 Å². The van der Waals surface area contributed by atoms with Crippen molar-refractivity contribution in [1.82, 2.24) is 0 Å². The highest BCUT2D eigenvalue weighted by Gasteiger charge is 2.11. The Morgan fingerprint density at radius 1 is 1.50 bits per heavy atom. The number of primary sulfonamides is 1. The minimum absolute atomic E-state index is 0.218. The molecule has 0 aliphatic carbocycles. The molecule has 0 aliphatic rings. The van der Waals surface area contributed by atoms with Crippen LogP contribution in [0.5, 0.6) is 5.75 Å². The molecule has 4 nitrogen and oxygen atoms in total. The van der Waals surface area contributed by atoms with Gasteiger partial charge in [-0.3, -0.25) is 0 Å². The fourth-order valence-electron chi connectivity index (χ4n) is 1.08. The second-order valence-corrected chi connectivity index (χ2v) is 4.38. The van der Waals surface area contributed by atoms with Crippen molar-refractivity contribution in [3.63, 3.8) is 0 Å². The van der Waals surface area contributed by atoms with Crippen molar-refractivity contribution in [2.45, 2.75) is 5.75 Å². The number of hydrogen-bond acceptors (Lipinski definition) is 3. The lowest BCUT2D eigenvalue weighted by atomic mass is 10.2. The van der Waals surface area contributed by atoms with Crippen LogP contribution in [0.3, 0.4) is 0 Å². The van der Waals surface area contributed by atoms with E-state index in [4.69, 9.17) is 9.88 Å². The van der Waals surface area contributed by atoms with Crippen LogP contribution < -0.4 is 9.88 Å². The third kappa shape index (κ3) is 2.97. The summed E-state index contributed by atoms with van der Waals surface area (Å²) in [6.45, 7) is 0. The average molecular weight is 219 g/mol. The Hall–Kier alpha value is -1.14. The largest absolute Gasteiger partial charge is 0.496 e. The quantitative estimate of drug-likeness (QED) is 0.810. The van der Waals surface area contributed by atoms with E-state index < -0.39 is 21.6 Å². The van der Waals surface area contributed by atoms with Crippen molar-refractivity contribution in [2.24, 2.45) is 5.14 Å². The maximum Gasteiger partial charge on any atom is 0.213 e. The highest BCUT2D eigenvalue weighted by atomic mass is 32.2. The van der Waals surface area contributed by atoms with Gasteiger partial charge in [-0.2, -0.15) is 0 Å². The van der Waals surface area contributed by atoms with E-state index in [2.05, 4.69) is 0 Å². The van der Waals surface area contributed by atoms with Crippen molar-refractivity contribution in [3.05, 3.63) is 29.6 Å². The number of ether oxygens (including phenoxy) is 1. The van der Waals surface area contributed by atoms with Crippen molar-refractivity contribution in [3.8, 4) is 5.75 Å². The second kappa shape index (κ2) is 3.93. The monoisotopic (exact) mass is 219 g/mol. The first-order valence-corrected chi connectivity index (χ1v) is 5.47. The summed E-state index contributed by atoms with van der Waals surface area (Å²) in [4.78, 5) is 0. The molecule has 0 unspecified atom stereocenters. The first kappa shape index (κ1) is 10.9. The zero-order valence-corrected chi connectivity index (χ0v) is 8.34. The van der Waals surface area contributed by atoms with Gasteiger partial charge in [0.1, 0.15) is 11.6 Å². The lowest BCUT2D eigenvalue weighted by Gasteiger charge is -2.06. The molecule has 0 spiro atoms. The molecule has 14 heavy (non-hydrogen) atoms. The Kier molecular flexibility index (Phi) is 3.07. The number of methoxy groups -OCH3 is 1. The third-order valence-corrected chi connectivity index (χ3v) is 2.31. The van der Waals surface area contributed by atoms with Gasteiger partial charge < -0.3 is 4.74 Å². The van der Waals surface area contributed by atoms with Crippen LogP contribution in [0.4, 0.5) is 4.39 Å². The lowest BCUT2D eigenvalue weighted by molar-refractivity contribution is 0.409. The molecule has 0 atom stereocenters. The van der Waals surface area contributed by atoms with E-state index in [1.165, 1.54) is 19.2 Å². The average Bonchev–Trinajstić information content (AvgIpc) is 2.01. The van der Waals surface area contributed by atoms with Gasteiger partial charge in [-0.25, -0.2) is 17.9 Å². The first-order valence-electron chi connectivity index (χ1n) is 3.75. The van der Waals surface area contributed by atoms with Crippen LogP contribution in [0.2, 0.25) is 0 Å². The van der Waals surface area contributed by atoms with Gasteiger partial charge in [0.15, 0.2) is 0 Å². The van der Waals surface area contributed by atoms with E-state index in [-0.39, 0.29) is 5.56 Å². The fourth-order valence-corrected chi connectivity index (χ4v) is 1.74. The van der Waals surface area contributed by atoms with E-state index in [1.807, 2.05) is 0 Å². The van der Waals surface area contributed by atoms with Crippen LogP contribution in [0.15, 0.2) is 18.2 Å². The van der Waals surface area contributed by atoms with Crippen molar-refractivity contribution >= 4 is 10.0 Å². The lowest BCUT2D eigenvalue weighted by Crippen LogP contribution is -2.15. The van der Waals surface area contributed by atoms with E-state index >= 15 is 0 Å². The van der Waals surface area contributed by atoms with Gasteiger partial charge in [0.2, 0.25) is 10.0 Å². The zero-order chi connectivity index (χ0) is 10.8. The Morgan fingerprint density at radius 2 is 2.14 bits per heavy atom. The van der Waals surface area contributed by atoms with E-state index in [1.54, 1.807) is 0 Å². The minimum atomic E-state index is -3.67. The normalized spacial score (nSPS) is 11.4. The highest BCUT2D eigenvalue weighted by molar-refractivity contribution is 7.88. The molecule has 0 amide bonds. The Bertz CT molecular complexity index is 430. The smallest absolute Gasteiger partial charge is 0.213 e. The molecule has 0 saturated heterocycles. The van der Waals surface area contributed by atoms with Gasteiger partial charge in [0.25, 0.3) is 0 Å². The van der Waals surface area contributed by atoms with Crippen molar-refractivity contribution in [1.29, 1.82) is 0 Å². The van der Waals surface area contributed by atoms with Crippen LogP contribution in [-0.2, 0) is 15.8 Å². The summed E-state index contributed by atoms with van der Waals surface area (Å²) >= 11 is 0. The fraction of sp³-hybridized carbons (Fsp3) is 0.250. The summed E-state index contributed by atoms with van der Waals surface area (Å²) in [7, 11) is -2.30. The number of benzene rings is 1. The number of nitrogens with two attached hydrogens (primary N) is 1. The molecule has 0 bridgehead atoms. The van der Waals surface area contributed by atoms with E-state index in [0.717, 1.165) is 6.07 Å². The van der Waals surface area contributed by atoms with Crippen molar-refractivity contribution < 1.29 is 17.5 Å². The number of halogens is 1. The highest BCUT2D eigenvalue weighted by Crippen LogP contribution is 2.20. The summed E-state index contributed by atoms with van der Waals surface area (Å²) < 4.78 is 39.2. The molecule has 0 aliphatic heterocycles. The summed E-state index contributed by atoms with van der Waals surface area (Å²) in [6, 6.07) is 3.63. The number of rotatable bonds is 3. The minimum Gasteiger partial charge on any atom is -0.496 e. The Labute approximate surface area is 81.5 Å². The molecule has 0 fully saturated rings. The topological polar surface area (TPSA) is 69.4 Å². The third-order valence-electron chi connectivity index (χ3n) is 1.60. The molecule has 1 rings (SSSR count). The maximum absolute atomic E-state index is 12.8. The van der Waals surface area contributed by atoms with E-state index in [0.29, 0.717) is 5.75 Å². The molecule has 0 aromatic heterocycles. The molecule has 1 aromatic rings. The molecule has 6 heteroatoms. The standard InChI is InChI=1S/C8H10FNO3S/c1-13-8-3-2-7(9)4-6(8)5-14(10,11)12/h2-4H,5H2,1H3,(H2,10,11,12). The number of hydrogen-bond donors (Lipinski definition) is 1. The Morgan fingerprint density at radius 3 is 2.64 bits per heavy atom. The molecular formula is C8H10FNO3S.